The number of piperidine rings is 2. The molecule has 2 aliphatic heterocycles. The average molecular weight is 376 g/mol. The molecule has 2 fully saturated rings. The van der Waals surface area contributed by atoms with E-state index in [4.69, 9.17) is 0 Å². The molecule has 0 spiro atoms. The third kappa shape index (κ3) is 5.76. The number of nitrogens with zero attached hydrogens (tertiary/aromatic N) is 3. The van der Waals surface area contributed by atoms with E-state index >= 15 is 0 Å². The van der Waals surface area contributed by atoms with E-state index in [0.29, 0.717) is 12.0 Å². The molecular weight excluding hydrogens is 341 g/mol. The molecule has 0 aromatic heterocycles. The van der Waals surface area contributed by atoms with E-state index in [1.54, 1.807) is 19.1 Å². The van der Waals surface area contributed by atoms with Gasteiger partial charge in [0.1, 0.15) is 5.82 Å². The van der Waals surface area contributed by atoms with Crippen LogP contribution in [0.15, 0.2) is 24.3 Å². The van der Waals surface area contributed by atoms with Crippen molar-refractivity contribution in [1.82, 2.24) is 14.7 Å². The highest BCUT2D eigenvalue weighted by atomic mass is 19.1. The van der Waals surface area contributed by atoms with Crippen molar-refractivity contribution in [1.29, 1.82) is 0 Å². The number of carbonyl (C=O) groups is 1. The van der Waals surface area contributed by atoms with Crippen LogP contribution >= 0.6 is 0 Å². The summed E-state index contributed by atoms with van der Waals surface area (Å²) in [4.78, 5) is 18.5. The van der Waals surface area contributed by atoms with Gasteiger partial charge in [-0.1, -0.05) is 18.2 Å². The number of hydrogen-bond donors (Lipinski definition) is 0. The minimum absolute atomic E-state index is 0.0808. The van der Waals surface area contributed by atoms with Crippen LogP contribution in [0.3, 0.4) is 0 Å². The maximum absolute atomic E-state index is 13.8. The standard InChI is InChI=1S/C22H34FN3O/c1-18(27)26-14-10-21(11-15-26)24(2)16-19-6-5-12-25(17-19)13-9-20-7-3-4-8-22(20)23/h3-4,7-8,19,21H,5-6,9-17H2,1-2H3. The lowest BCUT2D eigenvalue weighted by molar-refractivity contribution is -0.130. The quantitative estimate of drug-likeness (QED) is 0.765. The lowest BCUT2D eigenvalue weighted by Gasteiger charge is -2.40. The molecule has 2 aliphatic rings. The van der Waals surface area contributed by atoms with Crippen LogP contribution in [-0.4, -0.2) is 73.0 Å². The highest BCUT2D eigenvalue weighted by Gasteiger charge is 2.27. The zero-order valence-electron chi connectivity index (χ0n) is 16.9. The Balaban J connectivity index is 1.43. The van der Waals surface area contributed by atoms with E-state index in [0.717, 1.165) is 64.1 Å². The Morgan fingerprint density at radius 1 is 1.19 bits per heavy atom. The van der Waals surface area contributed by atoms with E-state index in [1.807, 2.05) is 17.0 Å². The van der Waals surface area contributed by atoms with Gasteiger partial charge in [0, 0.05) is 45.7 Å². The first-order valence-electron chi connectivity index (χ1n) is 10.4. The molecule has 0 radical (unpaired) electrons. The van der Waals surface area contributed by atoms with Gasteiger partial charge < -0.3 is 14.7 Å². The summed E-state index contributed by atoms with van der Waals surface area (Å²) in [5.74, 6) is 0.812. The number of amides is 1. The topological polar surface area (TPSA) is 26.8 Å². The zero-order chi connectivity index (χ0) is 19.2. The molecule has 2 saturated heterocycles. The molecule has 1 aromatic carbocycles. The van der Waals surface area contributed by atoms with Crippen molar-refractivity contribution in [2.45, 2.75) is 45.1 Å². The molecule has 0 saturated carbocycles. The first-order valence-corrected chi connectivity index (χ1v) is 10.4. The highest BCUT2D eigenvalue weighted by Crippen LogP contribution is 2.22. The molecule has 1 atom stereocenters. The van der Waals surface area contributed by atoms with E-state index in [-0.39, 0.29) is 11.7 Å². The molecule has 2 heterocycles. The van der Waals surface area contributed by atoms with Crippen molar-refractivity contribution in [3.63, 3.8) is 0 Å². The van der Waals surface area contributed by atoms with Crippen LogP contribution in [0, 0.1) is 11.7 Å². The summed E-state index contributed by atoms with van der Waals surface area (Å²) in [6, 6.07) is 7.73. The molecule has 1 unspecified atom stereocenters. The molecule has 150 valence electrons. The van der Waals surface area contributed by atoms with Crippen LogP contribution in [0.1, 0.15) is 38.2 Å². The number of likely N-dealkylation sites (tertiary alicyclic amines) is 2. The van der Waals surface area contributed by atoms with E-state index in [2.05, 4.69) is 16.8 Å². The third-order valence-electron chi connectivity index (χ3n) is 6.34. The normalized spacial score (nSPS) is 22.4. The first kappa shape index (κ1) is 20.3. The molecule has 1 aromatic rings. The van der Waals surface area contributed by atoms with Crippen molar-refractivity contribution >= 4 is 5.91 Å². The summed E-state index contributed by atoms with van der Waals surface area (Å²) in [7, 11) is 2.24. The first-order chi connectivity index (χ1) is 13.0. The molecule has 1 amide bonds. The van der Waals surface area contributed by atoms with Crippen LogP contribution < -0.4 is 0 Å². The fraction of sp³-hybridized carbons (Fsp3) is 0.682. The van der Waals surface area contributed by atoms with E-state index < -0.39 is 0 Å². The fourth-order valence-electron chi connectivity index (χ4n) is 4.66. The van der Waals surface area contributed by atoms with Gasteiger partial charge in [0.15, 0.2) is 0 Å². The van der Waals surface area contributed by atoms with Gasteiger partial charge in [0.2, 0.25) is 5.91 Å². The summed E-state index contributed by atoms with van der Waals surface area (Å²) < 4.78 is 13.8. The van der Waals surface area contributed by atoms with Crippen molar-refractivity contribution < 1.29 is 9.18 Å². The lowest BCUT2D eigenvalue weighted by atomic mass is 9.95. The van der Waals surface area contributed by atoms with Crippen molar-refractivity contribution in [2.75, 3.05) is 46.3 Å². The number of carbonyl (C=O) groups excluding carboxylic acids is 1. The van der Waals surface area contributed by atoms with Crippen LogP contribution in [0.25, 0.3) is 0 Å². The summed E-state index contributed by atoms with van der Waals surface area (Å²) in [5, 5.41) is 0. The Morgan fingerprint density at radius 2 is 1.93 bits per heavy atom. The van der Waals surface area contributed by atoms with Gasteiger partial charge in [-0.25, -0.2) is 4.39 Å². The van der Waals surface area contributed by atoms with Crippen LogP contribution in [-0.2, 0) is 11.2 Å². The van der Waals surface area contributed by atoms with E-state index in [1.165, 1.54) is 12.8 Å². The molecule has 0 aliphatic carbocycles. The lowest BCUT2D eigenvalue weighted by Crippen LogP contribution is -2.48. The Labute approximate surface area is 163 Å². The fourth-order valence-corrected chi connectivity index (χ4v) is 4.66. The minimum atomic E-state index is -0.0808. The Bertz CT molecular complexity index is 615. The van der Waals surface area contributed by atoms with Crippen molar-refractivity contribution in [2.24, 2.45) is 5.92 Å². The molecule has 4 nitrogen and oxygen atoms in total. The second-order valence-electron chi connectivity index (χ2n) is 8.33. The third-order valence-corrected chi connectivity index (χ3v) is 6.34. The van der Waals surface area contributed by atoms with Gasteiger partial charge in [0.05, 0.1) is 0 Å². The Kier molecular flexibility index (Phi) is 7.25. The zero-order valence-corrected chi connectivity index (χ0v) is 16.9. The summed E-state index contributed by atoms with van der Waals surface area (Å²) in [6.45, 7) is 7.77. The van der Waals surface area contributed by atoms with Gasteiger partial charge in [-0.15, -0.1) is 0 Å². The molecular formula is C22H34FN3O. The van der Waals surface area contributed by atoms with Gasteiger partial charge in [-0.05, 0) is 63.2 Å². The maximum Gasteiger partial charge on any atom is 0.219 e. The Morgan fingerprint density at radius 3 is 2.63 bits per heavy atom. The monoisotopic (exact) mass is 375 g/mol. The molecule has 5 heteroatoms. The Hall–Kier alpha value is -1.46. The molecule has 0 bridgehead atoms. The van der Waals surface area contributed by atoms with Crippen molar-refractivity contribution in [3.8, 4) is 0 Å². The van der Waals surface area contributed by atoms with Gasteiger partial charge in [0.25, 0.3) is 0 Å². The second kappa shape index (κ2) is 9.65. The van der Waals surface area contributed by atoms with Gasteiger partial charge in [-0.3, -0.25) is 4.79 Å². The number of rotatable bonds is 6. The smallest absolute Gasteiger partial charge is 0.219 e. The van der Waals surface area contributed by atoms with Crippen LogP contribution in [0.5, 0.6) is 0 Å². The maximum atomic E-state index is 13.8. The second-order valence-corrected chi connectivity index (χ2v) is 8.33. The SMILES string of the molecule is CC(=O)N1CCC(N(C)CC2CCCN(CCc3ccccc3F)C2)CC1. The van der Waals surface area contributed by atoms with Gasteiger partial charge >= 0.3 is 0 Å². The number of hydrogen-bond acceptors (Lipinski definition) is 3. The number of benzene rings is 1. The van der Waals surface area contributed by atoms with Crippen molar-refractivity contribution in [3.05, 3.63) is 35.6 Å². The predicted octanol–water partition coefficient (Wildman–Crippen LogP) is 3.02. The highest BCUT2D eigenvalue weighted by molar-refractivity contribution is 5.73. The van der Waals surface area contributed by atoms with Gasteiger partial charge in [-0.2, -0.15) is 0 Å². The summed E-state index contributed by atoms with van der Waals surface area (Å²) in [6.07, 6.45) is 5.48. The molecule has 0 N–H and O–H groups in total. The minimum Gasteiger partial charge on any atom is -0.343 e. The molecule has 3 rings (SSSR count). The predicted molar refractivity (Wildman–Crippen MR) is 107 cm³/mol. The van der Waals surface area contributed by atoms with E-state index in [9.17, 15) is 9.18 Å². The van der Waals surface area contributed by atoms with Crippen LogP contribution in [0.4, 0.5) is 4.39 Å². The summed E-state index contributed by atoms with van der Waals surface area (Å²) in [5.41, 5.74) is 0.828. The van der Waals surface area contributed by atoms with Crippen LogP contribution in [0.2, 0.25) is 0 Å². The average Bonchev–Trinajstić information content (AvgIpc) is 2.68. The molecule has 27 heavy (non-hydrogen) atoms. The largest absolute Gasteiger partial charge is 0.343 e. The summed E-state index contributed by atoms with van der Waals surface area (Å²) >= 11 is 0. The number of halogens is 1.